The molecule has 2 rings (SSSR count). The van der Waals surface area contributed by atoms with E-state index in [9.17, 15) is 9.90 Å². The van der Waals surface area contributed by atoms with E-state index in [0.29, 0.717) is 24.7 Å². The molecule has 1 aliphatic rings. The number of carbonyl (C=O) groups is 1. The van der Waals surface area contributed by atoms with Crippen LogP contribution in [0.3, 0.4) is 0 Å². The first-order valence-corrected chi connectivity index (χ1v) is 5.79. The summed E-state index contributed by atoms with van der Waals surface area (Å²) in [5, 5.41) is 10.1. The summed E-state index contributed by atoms with van der Waals surface area (Å²) >= 11 is 0. The molecule has 1 fully saturated rings. The predicted molar refractivity (Wildman–Crippen MR) is 61.7 cm³/mol. The quantitative estimate of drug-likeness (QED) is 0.838. The van der Waals surface area contributed by atoms with Crippen LogP contribution in [-0.2, 0) is 0 Å². The van der Waals surface area contributed by atoms with Crippen molar-refractivity contribution < 1.29 is 14.3 Å². The van der Waals surface area contributed by atoms with Gasteiger partial charge in [0.1, 0.15) is 5.60 Å². The lowest BCUT2D eigenvalue weighted by molar-refractivity contribution is -0.111. The molecule has 0 aliphatic carbocycles. The largest absolute Gasteiger partial charge is 0.436 e. The topological polar surface area (TPSA) is 66.6 Å². The highest BCUT2D eigenvalue weighted by molar-refractivity contribution is 5.93. The molecule has 0 atom stereocenters. The van der Waals surface area contributed by atoms with Crippen molar-refractivity contribution in [2.24, 2.45) is 5.92 Å². The number of carbonyl (C=O) groups excluding carboxylic acids is 1. The van der Waals surface area contributed by atoms with Gasteiger partial charge < -0.3 is 14.4 Å². The number of aryl methyl sites for hydroxylation is 2. The summed E-state index contributed by atoms with van der Waals surface area (Å²) in [6, 6.07) is 0. The molecule has 5 nitrogen and oxygen atoms in total. The second-order valence-corrected chi connectivity index (χ2v) is 5.07. The van der Waals surface area contributed by atoms with Gasteiger partial charge in [-0.15, -0.1) is 0 Å². The van der Waals surface area contributed by atoms with Gasteiger partial charge in [0.05, 0.1) is 18.8 Å². The smallest absolute Gasteiger partial charge is 0.291 e. The Hall–Kier alpha value is -1.36. The molecule has 1 aromatic rings. The van der Waals surface area contributed by atoms with Crippen LogP contribution in [-0.4, -0.2) is 39.6 Å². The van der Waals surface area contributed by atoms with Crippen LogP contribution in [0.15, 0.2) is 4.42 Å². The molecule has 1 aliphatic heterocycles. The number of hydrogen-bond donors (Lipinski definition) is 1. The average Bonchev–Trinajstić information content (AvgIpc) is 2.51. The number of likely N-dealkylation sites (tertiary alicyclic amines) is 1. The maximum atomic E-state index is 12.1. The van der Waals surface area contributed by atoms with Crippen LogP contribution in [0, 0.1) is 19.8 Å². The summed E-state index contributed by atoms with van der Waals surface area (Å²) in [7, 11) is 0. The molecule has 2 heterocycles. The summed E-state index contributed by atoms with van der Waals surface area (Å²) in [4.78, 5) is 17.7. The van der Waals surface area contributed by atoms with Crippen LogP contribution in [0.25, 0.3) is 0 Å². The van der Waals surface area contributed by atoms with Crippen molar-refractivity contribution in [3.05, 3.63) is 17.3 Å². The number of oxazole rings is 1. The van der Waals surface area contributed by atoms with Crippen molar-refractivity contribution in [2.75, 3.05) is 13.1 Å². The highest BCUT2D eigenvalue weighted by Gasteiger charge is 2.46. The van der Waals surface area contributed by atoms with Gasteiger partial charge in [-0.1, -0.05) is 13.8 Å². The predicted octanol–water partition coefficient (Wildman–Crippen LogP) is 1.13. The number of aliphatic hydroxyl groups is 1. The summed E-state index contributed by atoms with van der Waals surface area (Å²) in [6.45, 7) is 8.09. The van der Waals surface area contributed by atoms with Crippen molar-refractivity contribution in [1.29, 1.82) is 0 Å². The van der Waals surface area contributed by atoms with Crippen molar-refractivity contribution in [3.8, 4) is 0 Å². The Morgan fingerprint density at radius 3 is 2.47 bits per heavy atom. The van der Waals surface area contributed by atoms with Gasteiger partial charge in [-0.3, -0.25) is 4.79 Å². The number of amides is 1. The third kappa shape index (κ3) is 1.95. The first-order chi connectivity index (χ1) is 7.83. The van der Waals surface area contributed by atoms with E-state index in [1.807, 2.05) is 13.8 Å². The van der Waals surface area contributed by atoms with Crippen molar-refractivity contribution in [1.82, 2.24) is 9.88 Å². The van der Waals surface area contributed by atoms with Crippen molar-refractivity contribution in [3.63, 3.8) is 0 Å². The molecule has 5 heteroatoms. The Labute approximate surface area is 100 Å². The lowest BCUT2D eigenvalue weighted by Crippen LogP contribution is -2.66. The molecule has 0 aromatic carbocycles. The van der Waals surface area contributed by atoms with Gasteiger partial charge in [0.25, 0.3) is 5.91 Å². The van der Waals surface area contributed by atoms with Crippen LogP contribution < -0.4 is 0 Å². The van der Waals surface area contributed by atoms with Crippen LogP contribution in [0.1, 0.15) is 36.0 Å². The fraction of sp³-hybridized carbons (Fsp3) is 0.667. The fourth-order valence-corrected chi connectivity index (χ4v) is 2.00. The van der Waals surface area contributed by atoms with E-state index in [4.69, 9.17) is 4.42 Å². The zero-order valence-electron chi connectivity index (χ0n) is 10.6. The highest BCUT2D eigenvalue weighted by Crippen LogP contribution is 2.30. The lowest BCUT2D eigenvalue weighted by atomic mass is 9.83. The third-order valence-corrected chi connectivity index (χ3v) is 3.39. The third-order valence-electron chi connectivity index (χ3n) is 3.39. The summed E-state index contributed by atoms with van der Waals surface area (Å²) in [5.74, 6) is 0.733. The minimum absolute atomic E-state index is 0.143. The van der Waals surface area contributed by atoms with Gasteiger partial charge in [0.2, 0.25) is 5.76 Å². The molecular formula is C12H18N2O3. The Kier molecular flexibility index (Phi) is 2.73. The Balaban J connectivity index is 2.08. The SMILES string of the molecule is Cc1nc(C)c(C(=O)N2CC(O)(C(C)C)C2)o1. The van der Waals surface area contributed by atoms with Gasteiger partial charge in [-0.2, -0.15) is 0 Å². The van der Waals surface area contributed by atoms with Gasteiger partial charge in [0, 0.05) is 6.92 Å². The number of aromatic nitrogens is 1. The average molecular weight is 238 g/mol. The Morgan fingerprint density at radius 2 is 2.06 bits per heavy atom. The molecule has 1 aromatic heterocycles. The molecule has 1 amide bonds. The summed E-state index contributed by atoms with van der Waals surface area (Å²) in [6.07, 6.45) is 0. The zero-order valence-corrected chi connectivity index (χ0v) is 10.6. The molecule has 1 saturated heterocycles. The second-order valence-electron chi connectivity index (χ2n) is 5.07. The second kappa shape index (κ2) is 3.84. The van der Waals surface area contributed by atoms with Crippen LogP contribution >= 0.6 is 0 Å². The molecule has 0 radical (unpaired) electrons. The molecule has 1 N–H and O–H groups in total. The van der Waals surface area contributed by atoms with E-state index >= 15 is 0 Å². The first kappa shape index (κ1) is 12.1. The van der Waals surface area contributed by atoms with Gasteiger partial charge in [-0.25, -0.2) is 4.98 Å². The monoisotopic (exact) mass is 238 g/mol. The van der Waals surface area contributed by atoms with E-state index in [-0.39, 0.29) is 17.6 Å². The van der Waals surface area contributed by atoms with Gasteiger partial charge >= 0.3 is 0 Å². The van der Waals surface area contributed by atoms with Crippen molar-refractivity contribution in [2.45, 2.75) is 33.3 Å². The molecule has 0 spiro atoms. The van der Waals surface area contributed by atoms with E-state index in [0.717, 1.165) is 0 Å². The van der Waals surface area contributed by atoms with E-state index < -0.39 is 5.60 Å². The molecule has 17 heavy (non-hydrogen) atoms. The highest BCUT2D eigenvalue weighted by atomic mass is 16.4. The number of nitrogens with zero attached hydrogens (tertiary/aromatic N) is 2. The maximum Gasteiger partial charge on any atom is 0.291 e. The minimum atomic E-state index is -0.751. The van der Waals surface area contributed by atoms with E-state index in [2.05, 4.69) is 4.98 Å². The molecular weight excluding hydrogens is 220 g/mol. The number of rotatable bonds is 2. The Bertz CT molecular complexity index is 445. The van der Waals surface area contributed by atoms with E-state index in [1.165, 1.54) is 0 Å². The number of β-amino-alcohol motifs (C(OH)–C–C–N with tert-alkyl or cyclic N) is 1. The zero-order chi connectivity index (χ0) is 12.8. The summed E-state index contributed by atoms with van der Waals surface area (Å²) in [5.41, 5.74) is -0.147. The lowest BCUT2D eigenvalue weighted by Gasteiger charge is -2.48. The molecule has 0 unspecified atom stereocenters. The minimum Gasteiger partial charge on any atom is -0.436 e. The van der Waals surface area contributed by atoms with E-state index in [1.54, 1.807) is 18.7 Å². The molecule has 94 valence electrons. The molecule has 0 bridgehead atoms. The van der Waals surface area contributed by atoms with Gasteiger partial charge in [-0.05, 0) is 12.8 Å². The van der Waals surface area contributed by atoms with Crippen LogP contribution in [0.2, 0.25) is 0 Å². The fourth-order valence-electron chi connectivity index (χ4n) is 2.00. The number of hydrogen-bond acceptors (Lipinski definition) is 4. The normalized spacial score (nSPS) is 18.4. The van der Waals surface area contributed by atoms with Crippen molar-refractivity contribution >= 4 is 5.91 Å². The Morgan fingerprint density at radius 1 is 1.47 bits per heavy atom. The van der Waals surface area contributed by atoms with Crippen LogP contribution in [0.4, 0.5) is 0 Å². The molecule has 0 saturated carbocycles. The maximum absolute atomic E-state index is 12.1. The first-order valence-electron chi connectivity index (χ1n) is 5.79. The van der Waals surface area contributed by atoms with Gasteiger partial charge in [0.15, 0.2) is 5.89 Å². The summed E-state index contributed by atoms with van der Waals surface area (Å²) < 4.78 is 5.28. The standard InChI is InChI=1S/C12H18N2O3/c1-7(2)12(16)5-14(6-12)11(15)10-8(3)13-9(4)17-10/h7,16H,5-6H2,1-4H3. The van der Waals surface area contributed by atoms with Crippen LogP contribution in [0.5, 0.6) is 0 Å².